The third-order valence-electron chi connectivity index (χ3n) is 9.51. The maximum absolute atomic E-state index is 13.1. The molecule has 2 heterocycles. The van der Waals surface area contributed by atoms with E-state index in [4.69, 9.17) is 30.8 Å². The van der Waals surface area contributed by atoms with E-state index in [2.05, 4.69) is 16.0 Å². The summed E-state index contributed by atoms with van der Waals surface area (Å²) in [5.74, 6) is -1.84. The van der Waals surface area contributed by atoms with Crippen LogP contribution < -0.4 is 27.4 Å². The molecule has 4 aliphatic rings. The van der Waals surface area contributed by atoms with E-state index in [1.807, 2.05) is 0 Å². The van der Waals surface area contributed by atoms with E-state index < -0.39 is 96.3 Å². The summed E-state index contributed by atoms with van der Waals surface area (Å²) < 4.78 is 17.8. The molecule has 1 amide bonds. The minimum atomic E-state index is -1.72. The molecule has 15 N–H and O–H groups in total. The van der Waals surface area contributed by atoms with Crippen molar-refractivity contribution in [1.29, 1.82) is 0 Å². The molecule has 17 nitrogen and oxygen atoms in total. The quantitative estimate of drug-likeness (QED) is 0.0937. The molecular formula is C27H51N5O12. The molecule has 17 heteroatoms. The van der Waals surface area contributed by atoms with E-state index in [1.165, 1.54) is 6.92 Å². The van der Waals surface area contributed by atoms with Gasteiger partial charge in [-0.15, -0.1) is 0 Å². The predicted molar refractivity (Wildman–Crippen MR) is 152 cm³/mol. The number of aliphatic hydroxyl groups is 8. The maximum atomic E-state index is 13.1. The van der Waals surface area contributed by atoms with Crippen molar-refractivity contribution in [1.82, 2.24) is 16.0 Å². The van der Waals surface area contributed by atoms with Crippen molar-refractivity contribution >= 4 is 5.91 Å². The zero-order valence-corrected chi connectivity index (χ0v) is 25.1. The van der Waals surface area contributed by atoms with Crippen molar-refractivity contribution in [3.8, 4) is 0 Å². The van der Waals surface area contributed by atoms with Crippen molar-refractivity contribution in [2.45, 2.75) is 123 Å². The van der Waals surface area contributed by atoms with Gasteiger partial charge in [0.25, 0.3) is 5.91 Å². The number of likely N-dealkylation sites (N-methyl/N-ethyl adjacent to an activating group) is 1. The molecule has 2 saturated heterocycles. The van der Waals surface area contributed by atoms with E-state index in [-0.39, 0.29) is 45.1 Å². The Balaban J connectivity index is 1.58. The minimum absolute atomic E-state index is 0.0355. The number of hydrogen-bond donors (Lipinski definition) is 13. The summed E-state index contributed by atoms with van der Waals surface area (Å²) in [7, 11) is 1.54. The Labute approximate surface area is 255 Å². The zero-order chi connectivity index (χ0) is 32.6. The maximum Gasteiger partial charge on any atom is 0.252 e. The van der Waals surface area contributed by atoms with Crippen LogP contribution in [0, 0.1) is 5.92 Å². The molecule has 0 radical (unpaired) electrons. The van der Waals surface area contributed by atoms with Gasteiger partial charge >= 0.3 is 0 Å². The molecule has 4 fully saturated rings. The third-order valence-corrected chi connectivity index (χ3v) is 9.51. The highest BCUT2D eigenvalue weighted by atomic mass is 16.7. The molecule has 256 valence electrons. The smallest absolute Gasteiger partial charge is 0.252 e. The molecule has 14 unspecified atom stereocenters. The molecule has 44 heavy (non-hydrogen) atoms. The van der Waals surface area contributed by atoms with Gasteiger partial charge in [0.1, 0.15) is 41.7 Å². The number of ether oxygens (including phenoxy) is 3. The lowest BCUT2D eigenvalue weighted by Gasteiger charge is -2.52. The molecule has 0 aromatic carbocycles. The van der Waals surface area contributed by atoms with Crippen LogP contribution in [0.4, 0.5) is 0 Å². The van der Waals surface area contributed by atoms with Crippen molar-refractivity contribution in [3.63, 3.8) is 0 Å². The minimum Gasteiger partial charge on any atom is -0.396 e. The van der Waals surface area contributed by atoms with Crippen molar-refractivity contribution in [2.75, 3.05) is 33.4 Å². The van der Waals surface area contributed by atoms with Crippen LogP contribution in [0.5, 0.6) is 0 Å². The third kappa shape index (κ3) is 7.22. The molecule has 2 aliphatic carbocycles. The van der Waals surface area contributed by atoms with Crippen molar-refractivity contribution in [2.24, 2.45) is 17.4 Å². The van der Waals surface area contributed by atoms with Crippen LogP contribution >= 0.6 is 0 Å². The molecular weight excluding hydrogens is 586 g/mol. The topological polar surface area (TPSA) is 295 Å². The number of nitrogens with one attached hydrogen (secondary N) is 3. The van der Waals surface area contributed by atoms with E-state index in [1.54, 1.807) is 7.05 Å². The second-order valence-electron chi connectivity index (χ2n) is 13.0. The SMILES string of the molecule is CNC1C(O)C(OC2C(NC(=O)C3(O)CC(N)C3)CC(N)C(C3OC(CNCCCO)C(O)C(O)C3O)C2O)OCC1(C)O. The van der Waals surface area contributed by atoms with E-state index in [9.17, 15) is 40.5 Å². The first-order chi connectivity index (χ1) is 20.6. The van der Waals surface area contributed by atoms with Gasteiger partial charge < -0.3 is 82.5 Å². The van der Waals surface area contributed by atoms with Crippen LogP contribution in [0.15, 0.2) is 0 Å². The summed E-state index contributed by atoms with van der Waals surface area (Å²) in [4.78, 5) is 13.1. The molecule has 0 spiro atoms. The van der Waals surface area contributed by atoms with E-state index >= 15 is 0 Å². The van der Waals surface area contributed by atoms with Crippen LogP contribution in [0.3, 0.4) is 0 Å². The average molecular weight is 638 g/mol. The summed E-state index contributed by atoms with van der Waals surface area (Å²) in [6, 6.07) is -3.19. The van der Waals surface area contributed by atoms with Gasteiger partial charge in [-0.05, 0) is 33.4 Å². The fourth-order valence-electron chi connectivity index (χ4n) is 6.98. The fraction of sp³-hybridized carbons (Fsp3) is 0.963. The van der Waals surface area contributed by atoms with Crippen LogP contribution in [-0.2, 0) is 19.0 Å². The van der Waals surface area contributed by atoms with Crippen LogP contribution in [0.2, 0.25) is 0 Å². The lowest BCUT2D eigenvalue weighted by Crippen LogP contribution is -2.72. The Hall–Kier alpha value is -1.13. The van der Waals surface area contributed by atoms with Gasteiger partial charge in [0, 0.05) is 44.0 Å². The highest BCUT2D eigenvalue weighted by Gasteiger charge is 2.57. The first-order valence-electron chi connectivity index (χ1n) is 15.2. The van der Waals surface area contributed by atoms with E-state index in [0.717, 1.165) is 0 Å². The Morgan fingerprint density at radius 2 is 1.70 bits per heavy atom. The zero-order valence-electron chi connectivity index (χ0n) is 25.1. The number of hydrogen-bond acceptors (Lipinski definition) is 16. The lowest BCUT2D eigenvalue weighted by molar-refractivity contribution is -0.303. The van der Waals surface area contributed by atoms with Crippen LogP contribution in [0.1, 0.15) is 32.6 Å². The van der Waals surface area contributed by atoms with Crippen LogP contribution in [0.25, 0.3) is 0 Å². The molecule has 14 atom stereocenters. The van der Waals surface area contributed by atoms with Gasteiger partial charge in [-0.2, -0.15) is 0 Å². The molecule has 4 rings (SSSR count). The predicted octanol–water partition coefficient (Wildman–Crippen LogP) is -6.71. The lowest BCUT2D eigenvalue weighted by atomic mass is 9.71. The number of amides is 1. The van der Waals surface area contributed by atoms with Gasteiger partial charge in [-0.25, -0.2) is 0 Å². The molecule has 0 bridgehead atoms. The number of carbonyl (C=O) groups is 1. The summed E-state index contributed by atoms with van der Waals surface area (Å²) >= 11 is 0. The standard InChI is InChI=1S/C27H51N5O12/c1-26(40)10-42-24(20(38)23(26)30-2)44-21-13(32-25(39)27(41)7-11(28)8-27)6-12(29)15(17(21)35)22-19(37)18(36)16(34)14(43-22)9-31-4-3-5-33/h11-24,30-31,33-38,40-41H,3-10,28-29H2,1-2H3,(H,32,39). The molecule has 2 aliphatic heterocycles. The van der Waals surface area contributed by atoms with Crippen LogP contribution in [-0.4, -0.2) is 171 Å². The molecule has 0 aromatic heterocycles. The number of rotatable bonds is 11. The second kappa shape index (κ2) is 14.3. The van der Waals surface area contributed by atoms with E-state index in [0.29, 0.717) is 13.0 Å². The monoisotopic (exact) mass is 637 g/mol. The molecule has 2 saturated carbocycles. The van der Waals surface area contributed by atoms with Gasteiger partial charge in [0.15, 0.2) is 6.29 Å². The largest absolute Gasteiger partial charge is 0.396 e. The Kier molecular flexibility index (Phi) is 11.6. The first kappa shape index (κ1) is 35.7. The number of aliphatic hydroxyl groups excluding tert-OH is 6. The second-order valence-corrected chi connectivity index (χ2v) is 13.0. The van der Waals surface area contributed by atoms with Gasteiger partial charge in [-0.1, -0.05) is 0 Å². The van der Waals surface area contributed by atoms with Gasteiger partial charge in [0.2, 0.25) is 0 Å². The summed E-state index contributed by atoms with van der Waals surface area (Å²) in [5.41, 5.74) is 9.14. The number of carbonyl (C=O) groups excluding carboxylic acids is 1. The highest BCUT2D eigenvalue weighted by molar-refractivity contribution is 5.86. The Bertz CT molecular complexity index is 960. The van der Waals surface area contributed by atoms with Gasteiger partial charge in [0.05, 0.1) is 37.0 Å². The summed E-state index contributed by atoms with van der Waals surface area (Å²) in [6.07, 6.45) is -12.3. The number of nitrogens with two attached hydrogens (primary N) is 2. The van der Waals surface area contributed by atoms with Crippen molar-refractivity contribution in [3.05, 3.63) is 0 Å². The molecule has 0 aromatic rings. The Morgan fingerprint density at radius 1 is 1.02 bits per heavy atom. The normalized spacial score (nSPS) is 49.7. The highest BCUT2D eigenvalue weighted by Crippen LogP contribution is 2.38. The summed E-state index contributed by atoms with van der Waals surface area (Å²) in [6.45, 7) is 1.65. The van der Waals surface area contributed by atoms with Crippen molar-refractivity contribution < 1.29 is 59.9 Å². The van der Waals surface area contributed by atoms with Gasteiger partial charge in [-0.3, -0.25) is 4.79 Å². The average Bonchev–Trinajstić information content (AvgIpc) is 2.94. The first-order valence-corrected chi connectivity index (χ1v) is 15.2. The Morgan fingerprint density at radius 3 is 2.32 bits per heavy atom. The fourth-order valence-corrected chi connectivity index (χ4v) is 6.98. The summed E-state index contributed by atoms with van der Waals surface area (Å²) in [5, 5.41) is 94.0.